The zero-order chi connectivity index (χ0) is 16.2. The summed E-state index contributed by atoms with van der Waals surface area (Å²) in [7, 11) is 0. The third kappa shape index (κ3) is 4.23. The lowest BCUT2D eigenvalue weighted by molar-refractivity contribution is -0.385. The largest absolute Gasteiger partial charge is 0.480 e. The average molecular weight is 300 g/mol. The first-order valence-electron chi connectivity index (χ1n) is 5.39. The molecule has 0 saturated heterocycles. The van der Waals surface area contributed by atoms with Crippen LogP contribution in [0.15, 0.2) is 18.2 Å². The second kappa shape index (κ2) is 6.41. The highest BCUT2D eigenvalue weighted by molar-refractivity contribution is 6.00. The third-order valence-electron chi connectivity index (χ3n) is 2.33. The van der Waals surface area contributed by atoms with Gasteiger partial charge in [-0.15, -0.1) is 0 Å². The number of nitrogens with zero attached hydrogens (tertiary/aromatic N) is 2. The molecule has 0 bridgehead atoms. The normalized spacial score (nSPS) is 9.95. The van der Waals surface area contributed by atoms with Crippen molar-refractivity contribution in [2.45, 2.75) is 0 Å². The number of carbonyl (C=O) groups excluding carboxylic acids is 1. The summed E-state index contributed by atoms with van der Waals surface area (Å²) in [6.45, 7) is -1.97. The quantitative estimate of drug-likeness (QED) is 0.570. The molecule has 0 radical (unpaired) electrons. The van der Waals surface area contributed by atoms with Gasteiger partial charge in [-0.25, -0.2) is 4.39 Å². The number of halogens is 1. The van der Waals surface area contributed by atoms with Crippen molar-refractivity contribution in [3.63, 3.8) is 0 Å². The van der Waals surface area contributed by atoms with Crippen molar-refractivity contribution in [1.82, 2.24) is 4.90 Å². The molecular formula is C11H9FN2O7. The van der Waals surface area contributed by atoms with E-state index in [4.69, 9.17) is 10.2 Å². The third-order valence-corrected chi connectivity index (χ3v) is 2.33. The van der Waals surface area contributed by atoms with Gasteiger partial charge in [0, 0.05) is 6.07 Å². The lowest BCUT2D eigenvalue weighted by Crippen LogP contribution is -2.39. The summed E-state index contributed by atoms with van der Waals surface area (Å²) in [6, 6.07) is 2.05. The van der Waals surface area contributed by atoms with Gasteiger partial charge in [0.2, 0.25) is 0 Å². The zero-order valence-corrected chi connectivity index (χ0v) is 10.4. The fourth-order valence-electron chi connectivity index (χ4n) is 1.54. The monoisotopic (exact) mass is 300 g/mol. The summed E-state index contributed by atoms with van der Waals surface area (Å²) < 4.78 is 13.1. The van der Waals surface area contributed by atoms with Gasteiger partial charge >= 0.3 is 11.9 Å². The number of amides is 1. The van der Waals surface area contributed by atoms with Crippen LogP contribution in [0.3, 0.4) is 0 Å². The molecule has 0 aliphatic rings. The molecule has 10 heteroatoms. The molecule has 9 nitrogen and oxygen atoms in total. The average Bonchev–Trinajstić information content (AvgIpc) is 2.35. The topological polar surface area (TPSA) is 138 Å². The second-order valence-electron chi connectivity index (χ2n) is 3.87. The van der Waals surface area contributed by atoms with Crippen LogP contribution in [0.4, 0.5) is 10.1 Å². The van der Waals surface area contributed by atoms with Gasteiger partial charge in [0.1, 0.15) is 24.5 Å². The first-order valence-corrected chi connectivity index (χ1v) is 5.39. The fraction of sp³-hybridized carbons (Fsp3) is 0.182. The van der Waals surface area contributed by atoms with Crippen LogP contribution >= 0.6 is 0 Å². The highest BCUT2D eigenvalue weighted by atomic mass is 19.1. The SMILES string of the molecule is O=C(O)CN(CC(=O)O)C(=O)c1cc(F)ccc1[N+](=O)[O-]. The maximum Gasteiger partial charge on any atom is 0.323 e. The van der Waals surface area contributed by atoms with E-state index >= 15 is 0 Å². The number of hydrogen-bond acceptors (Lipinski definition) is 5. The van der Waals surface area contributed by atoms with Crippen LogP contribution in [-0.2, 0) is 9.59 Å². The molecule has 1 aromatic rings. The first kappa shape index (κ1) is 16.0. The van der Waals surface area contributed by atoms with E-state index < -0.39 is 52.9 Å². The first-order chi connectivity index (χ1) is 9.72. The maximum absolute atomic E-state index is 13.1. The predicted octanol–water partition coefficient (Wildman–Crippen LogP) is 0.345. The van der Waals surface area contributed by atoms with E-state index in [0.717, 1.165) is 12.1 Å². The van der Waals surface area contributed by atoms with Crippen LogP contribution in [0.25, 0.3) is 0 Å². The summed E-state index contributed by atoms with van der Waals surface area (Å²) in [6.07, 6.45) is 0. The Labute approximate surface area is 116 Å². The van der Waals surface area contributed by atoms with Crippen molar-refractivity contribution in [3.8, 4) is 0 Å². The molecule has 0 aliphatic carbocycles. The van der Waals surface area contributed by atoms with Crippen molar-refractivity contribution < 1.29 is 33.9 Å². The Morgan fingerprint density at radius 2 is 1.71 bits per heavy atom. The van der Waals surface area contributed by atoms with Crippen LogP contribution < -0.4 is 0 Å². The fourth-order valence-corrected chi connectivity index (χ4v) is 1.54. The molecule has 1 aromatic carbocycles. The van der Waals surface area contributed by atoms with E-state index in [9.17, 15) is 28.9 Å². The minimum atomic E-state index is -1.51. The molecule has 0 atom stereocenters. The Morgan fingerprint density at radius 3 is 2.14 bits per heavy atom. The van der Waals surface area contributed by atoms with Gasteiger partial charge in [-0.05, 0) is 12.1 Å². The van der Waals surface area contributed by atoms with Crippen molar-refractivity contribution in [2.24, 2.45) is 0 Å². The van der Waals surface area contributed by atoms with Gasteiger partial charge in [0.25, 0.3) is 11.6 Å². The highest BCUT2D eigenvalue weighted by Crippen LogP contribution is 2.21. The summed E-state index contributed by atoms with van der Waals surface area (Å²) in [5.41, 5.74) is -1.47. The van der Waals surface area contributed by atoms with E-state index in [2.05, 4.69) is 0 Å². The Hall–Kier alpha value is -3.04. The maximum atomic E-state index is 13.1. The number of benzene rings is 1. The zero-order valence-electron chi connectivity index (χ0n) is 10.4. The van der Waals surface area contributed by atoms with Gasteiger partial charge < -0.3 is 15.1 Å². The molecule has 0 saturated carbocycles. The molecule has 0 spiro atoms. The van der Waals surface area contributed by atoms with Crippen LogP contribution in [0.2, 0.25) is 0 Å². The van der Waals surface area contributed by atoms with Crippen LogP contribution in [0.5, 0.6) is 0 Å². The molecule has 0 unspecified atom stereocenters. The Balaban J connectivity index is 3.24. The van der Waals surface area contributed by atoms with Gasteiger partial charge in [0.05, 0.1) is 4.92 Å². The Kier molecular flexibility index (Phi) is 4.89. The number of nitro groups is 1. The van der Waals surface area contributed by atoms with Crippen molar-refractivity contribution >= 4 is 23.5 Å². The molecule has 21 heavy (non-hydrogen) atoms. The summed E-state index contributed by atoms with van der Waals surface area (Å²) in [4.78, 5) is 43.4. The number of rotatable bonds is 6. The lowest BCUT2D eigenvalue weighted by Gasteiger charge is -2.18. The number of hydrogen-bond donors (Lipinski definition) is 2. The summed E-state index contributed by atoms with van der Waals surface area (Å²) in [5, 5.41) is 28.0. The molecule has 112 valence electrons. The molecule has 1 amide bonds. The van der Waals surface area contributed by atoms with Gasteiger partial charge in [-0.1, -0.05) is 0 Å². The van der Waals surface area contributed by atoms with E-state index in [1.165, 1.54) is 0 Å². The van der Waals surface area contributed by atoms with Crippen molar-refractivity contribution in [1.29, 1.82) is 0 Å². The number of carboxylic acid groups (broad SMARTS) is 2. The van der Waals surface area contributed by atoms with Crippen LogP contribution in [0.1, 0.15) is 10.4 Å². The predicted molar refractivity (Wildman–Crippen MR) is 64.2 cm³/mol. The molecule has 2 N–H and O–H groups in total. The Bertz CT molecular complexity index is 601. The minimum absolute atomic E-state index is 0.354. The smallest absolute Gasteiger partial charge is 0.323 e. The van der Waals surface area contributed by atoms with E-state index in [1.54, 1.807) is 0 Å². The minimum Gasteiger partial charge on any atom is -0.480 e. The molecule has 0 aliphatic heterocycles. The molecule has 1 rings (SSSR count). The van der Waals surface area contributed by atoms with Crippen molar-refractivity contribution in [2.75, 3.05) is 13.1 Å². The van der Waals surface area contributed by atoms with Gasteiger partial charge in [0.15, 0.2) is 0 Å². The second-order valence-corrected chi connectivity index (χ2v) is 3.87. The number of nitro benzene ring substituents is 1. The van der Waals surface area contributed by atoms with E-state index in [-0.39, 0.29) is 0 Å². The molecular weight excluding hydrogens is 291 g/mol. The van der Waals surface area contributed by atoms with Gasteiger partial charge in [-0.3, -0.25) is 24.5 Å². The van der Waals surface area contributed by atoms with Crippen LogP contribution in [-0.4, -0.2) is 51.0 Å². The number of carbonyl (C=O) groups is 3. The van der Waals surface area contributed by atoms with Gasteiger partial charge in [-0.2, -0.15) is 0 Å². The van der Waals surface area contributed by atoms with E-state index in [1.807, 2.05) is 0 Å². The van der Waals surface area contributed by atoms with Crippen LogP contribution in [0, 0.1) is 15.9 Å². The highest BCUT2D eigenvalue weighted by Gasteiger charge is 2.27. The molecule has 0 heterocycles. The lowest BCUT2D eigenvalue weighted by atomic mass is 10.1. The number of carboxylic acids is 2. The standard InChI is InChI=1S/C11H9FN2O7/c12-6-1-2-8(14(20)21)7(3-6)11(19)13(4-9(15)16)5-10(17)18/h1-3H,4-5H2,(H,15,16)(H,17,18). The van der Waals surface area contributed by atoms with E-state index in [0.29, 0.717) is 11.0 Å². The van der Waals surface area contributed by atoms with Crippen molar-refractivity contribution in [3.05, 3.63) is 39.7 Å². The Morgan fingerprint density at radius 1 is 1.19 bits per heavy atom. The molecule has 0 fully saturated rings. The number of aliphatic carboxylic acids is 2. The summed E-state index contributed by atoms with van der Waals surface area (Å²) in [5.74, 6) is -5.23. The molecule has 0 aromatic heterocycles. The summed E-state index contributed by atoms with van der Waals surface area (Å²) >= 11 is 0.